The number of carbonyl (C=O) groups excluding carboxylic acids is 1. The lowest BCUT2D eigenvalue weighted by Crippen LogP contribution is -2.55. The number of benzene rings is 1. The van der Waals surface area contributed by atoms with E-state index in [1.165, 1.54) is 4.31 Å². The van der Waals surface area contributed by atoms with Gasteiger partial charge in [-0.05, 0) is 30.2 Å². The van der Waals surface area contributed by atoms with E-state index < -0.39 is 22.0 Å². The van der Waals surface area contributed by atoms with Crippen LogP contribution < -0.4 is 10.0 Å². The molecular weight excluding hydrogens is 378 g/mol. The topological polar surface area (TPSA) is 92.9 Å². The highest BCUT2D eigenvalue weighted by atomic mass is 32.2. The van der Waals surface area contributed by atoms with E-state index in [0.29, 0.717) is 37.9 Å². The second-order valence-corrected chi connectivity index (χ2v) is 9.21. The van der Waals surface area contributed by atoms with E-state index in [1.807, 2.05) is 4.90 Å². The lowest BCUT2D eigenvalue weighted by molar-refractivity contribution is -0.124. The Bertz CT molecular complexity index is 819. The molecule has 2 N–H and O–H groups in total. The van der Waals surface area contributed by atoms with Crippen molar-refractivity contribution in [1.29, 1.82) is 0 Å². The molecule has 0 spiro atoms. The summed E-state index contributed by atoms with van der Waals surface area (Å²) < 4.78 is 31.3. The fourth-order valence-corrected chi connectivity index (χ4v) is 3.85. The summed E-state index contributed by atoms with van der Waals surface area (Å²) in [5.41, 5.74) is 6.88. The van der Waals surface area contributed by atoms with Crippen molar-refractivity contribution in [1.82, 2.24) is 4.90 Å². The Hall–Kier alpha value is -2.08. The number of ether oxygens (including phenoxy) is 1. The van der Waals surface area contributed by atoms with Crippen molar-refractivity contribution in [3.63, 3.8) is 0 Å². The molecule has 28 heavy (non-hydrogen) atoms. The van der Waals surface area contributed by atoms with Crippen LogP contribution in [0.5, 0.6) is 0 Å². The van der Waals surface area contributed by atoms with Gasteiger partial charge in [0.15, 0.2) is 0 Å². The molecule has 1 amide bonds. The van der Waals surface area contributed by atoms with Crippen molar-refractivity contribution < 1.29 is 17.9 Å². The Kier molecular flexibility index (Phi) is 7.87. The molecule has 1 aliphatic heterocycles. The maximum Gasteiger partial charge on any atom is 0.236 e. The summed E-state index contributed by atoms with van der Waals surface area (Å²) in [4.78, 5) is 13.9. The lowest BCUT2D eigenvalue weighted by atomic mass is 10.1. The van der Waals surface area contributed by atoms with Gasteiger partial charge in [0, 0.05) is 25.1 Å². The highest BCUT2D eigenvalue weighted by Gasteiger charge is 2.31. The van der Waals surface area contributed by atoms with Crippen LogP contribution in [0.15, 0.2) is 24.3 Å². The van der Waals surface area contributed by atoms with Gasteiger partial charge in [-0.2, -0.15) is 0 Å². The summed E-state index contributed by atoms with van der Waals surface area (Å²) in [6.07, 6.45) is 1.93. The molecule has 154 valence electrons. The summed E-state index contributed by atoms with van der Waals surface area (Å²) in [5.74, 6) is 6.14. The third-order valence-electron chi connectivity index (χ3n) is 4.45. The highest BCUT2D eigenvalue weighted by Crippen LogP contribution is 2.20. The average molecular weight is 408 g/mol. The summed E-state index contributed by atoms with van der Waals surface area (Å²) in [6, 6.07) is 6.27. The summed E-state index contributed by atoms with van der Waals surface area (Å²) in [7, 11) is -3.59. The van der Waals surface area contributed by atoms with Crippen LogP contribution >= 0.6 is 0 Å². The number of nitrogens with zero attached hydrogens (tertiary/aromatic N) is 2. The molecule has 0 unspecified atom stereocenters. The first-order valence-corrected chi connectivity index (χ1v) is 11.2. The number of nitrogens with two attached hydrogens (primary N) is 1. The molecule has 0 radical (unpaired) electrons. The van der Waals surface area contributed by atoms with E-state index in [1.54, 1.807) is 24.3 Å². The molecule has 1 heterocycles. The van der Waals surface area contributed by atoms with Crippen molar-refractivity contribution >= 4 is 21.6 Å². The van der Waals surface area contributed by atoms with Crippen molar-refractivity contribution in [2.24, 2.45) is 11.7 Å². The van der Waals surface area contributed by atoms with Crippen LogP contribution in [0, 0.1) is 17.8 Å². The minimum absolute atomic E-state index is 0.0352. The first-order valence-electron chi connectivity index (χ1n) is 9.36. The molecule has 1 aliphatic rings. The maximum atomic E-state index is 12.4. The van der Waals surface area contributed by atoms with Crippen molar-refractivity contribution in [2.45, 2.75) is 26.3 Å². The van der Waals surface area contributed by atoms with Gasteiger partial charge in [0.05, 0.1) is 31.7 Å². The van der Waals surface area contributed by atoms with Crippen LogP contribution in [-0.2, 0) is 19.6 Å². The quantitative estimate of drug-likeness (QED) is 0.682. The number of rotatable bonds is 7. The zero-order chi connectivity index (χ0) is 20.7. The van der Waals surface area contributed by atoms with Gasteiger partial charge in [-0.3, -0.25) is 14.0 Å². The predicted octanol–water partition coefficient (Wildman–Crippen LogP) is 1.04. The molecule has 8 heteroatoms. The van der Waals surface area contributed by atoms with Crippen LogP contribution in [0.25, 0.3) is 0 Å². The van der Waals surface area contributed by atoms with E-state index in [9.17, 15) is 13.2 Å². The van der Waals surface area contributed by atoms with Crippen LogP contribution in [0.3, 0.4) is 0 Å². The van der Waals surface area contributed by atoms with Gasteiger partial charge < -0.3 is 10.5 Å². The first kappa shape index (κ1) is 22.2. The van der Waals surface area contributed by atoms with E-state index in [-0.39, 0.29) is 6.54 Å². The fourth-order valence-electron chi connectivity index (χ4n) is 2.93. The first-order chi connectivity index (χ1) is 13.2. The molecule has 1 fully saturated rings. The molecule has 1 aromatic rings. The summed E-state index contributed by atoms with van der Waals surface area (Å²) >= 11 is 0. The molecule has 0 bridgehead atoms. The zero-order valence-electron chi connectivity index (χ0n) is 16.7. The molecule has 7 nitrogen and oxygen atoms in total. The van der Waals surface area contributed by atoms with E-state index in [4.69, 9.17) is 10.5 Å². The number of hydrogen-bond donors (Lipinski definition) is 1. The standard InChI is InChI=1S/C20H29N3O4S/c1-16(2)5-4-6-17-7-9-18(10-8-17)23(28(3,25)26)15-19(20(21)24)22-11-13-27-14-12-22/h7-10,16,19H,5,11-15H2,1-3H3,(H2,21,24)/t19-/m0/s1. The third-order valence-corrected chi connectivity index (χ3v) is 5.61. The maximum absolute atomic E-state index is 12.4. The molecule has 1 saturated heterocycles. The number of morpholine rings is 1. The van der Waals surface area contributed by atoms with Crippen LogP contribution in [0.4, 0.5) is 5.69 Å². The number of carbonyl (C=O) groups is 1. The van der Waals surface area contributed by atoms with Gasteiger partial charge in [0.2, 0.25) is 15.9 Å². The second-order valence-electron chi connectivity index (χ2n) is 7.31. The van der Waals surface area contributed by atoms with E-state index in [0.717, 1.165) is 18.2 Å². The Morgan fingerprint density at radius 3 is 2.36 bits per heavy atom. The van der Waals surface area contributed by atoms with Gasteiger partial charge in [0.25, 0.3) is 0 Å². The van der Waals surface area contributed by atoms with Crippen LogP contribution in [0.2, 0.25) is 0 Å². The fraction of sp³-hybridized carbons (Fsp3) is 0.550. The van der Waals surface area contributed by atoms with E-state index in [2.05, 4.69) is 25.7 Å². The van der Waals surface area contributed by atoms with Gasteiger partial charge in [-0.25, -0.2) is 8.42 Å². The molecular formula is C20H29N3O4S. The molecule has 2 rings (SSSR count). The smallest absolute Gasteiger partial charge is 0.236 e. The normalized spacial score (nSPS) is 16.3. The zero-order valence-corrected chi connectivity index (χ0v) is 17.5. The molecule has 0 saturated carbocycles. The SMILES string of the molecule is CC(C)CC#Cc1ccc(N(C[C@@H](C(N)=O)N2CCOCC2)S(C)(=O)=O)cc1. The number of amides is 1. The van der Waals surface area contributed by atoms with Crippen molar-refractivity contribution in [3.05, 3.63) is 29.8 Å². The number of anilines is 1. The highest BCUT2D eigenvalue weighted by molar-refractivity contribution is 7.92. The monoisotopic (exact) mass is 407 g/mol. The third kappa shape index (κ3) is 6.51. The van der Waals surface area contributed by atoms with Crippen molar-refractivity contribution in [3.8, 4) is 11.8 Å². The Balaban J connectivity index is 2.23. The predicted molar refractivity (Wildman–Crippen MR) is 110 cm³/mol. The van der Waals surface area contributed by atoms with Crippen LogP contribution in [0.1, 0.15) is 25.8 Å². The van der Waals surface area contributed by atoms with Gasteiger partial charge in [0.1, 0.15) is 6.04 Å². The van der Waals surface area contributed by atoms with Crippen molar-refractivity contribution in [2.75, 3.05) is 43.4 Å². The van der Waals surface area contributed by atoms with Crippen LogP contribution in [-0.4, -0.2) is 64.4 Å². The average Bonchev–Trinajstić information content (AvgIpc) is 2.62. The molecule has 0 aromatic heterocycles. The molecule has 1 atom stereocenters. The molecule has 1 aromatic carbocycles. The number of hydrogen-bond acceptors (Lipinski definition) is 5. The largest absolute Gasteiger partial charge is 0.379 e. The van der Waals surface area contributed by atoms with Gasteiger partial charge in [-0.1, -0.05) is 25.7 Å². The minimum Gasteiger partial charge on any atom is -0.379 e. The number of primary amides is 1. The Morgan fingerprint density at radius 1 is 1.25 bits per heavy atom. The minimum atomic E-state index is -3.59. The van der Waals surface area contributed by atoms with Gasteiger partial charge >= 0.3 is 0 Å². The van der Waals surface area contributed by atoms with Gasteiger partial charge in [-0.15, -0.1) is 0 Å². The molecule has 0 aliphatic carbocycles. The lowest BCUT2D eigenvalue weighted by Gasteiger charge is -2.35. The Morgan fingerprint density at radius 2 is 1.86 bits per heavy atom. The number of sulfonamides is 1. The Labute approximate surface area is 167 Å². The van der Waals surface area contributed by atoms with E-state index >= 15 is 0 Å². The summed E-state index contributed by atoms with van der Waals surface area (Å²) in [5, 5.41) is 0. The summed E-state index contributed by atoms with van der Waals surface area (Å²) in [6.45, 7) is 6.23. The second kappa shape index (κ2) is 9.92.